The number of rotatable bonds is 5. The molecule has 4 rings (SSSR count). The van der Waals surface area contributed by atoms with E-state index in [-0.39, 0.29) is 17.8 Å². The summed E-state index contributed by atoms with van der Waals surface area (Å²) in [4.78, 5) is 0. The fraction of sp³-hybridized carbons (Fsp3) is 0.211. The number of phenolic OH excluding ortho intramolecular Hbond substituents is 1. The molecule has 1 aromatic heterocycles. The Morgan fingerprint density at radius 3 is 2.79 bits per heavy atom. The maximum atomic E-state index is 9.72. The molecule has 0 spiro atoms. The first-order chi connectivity index (χ1) is 13.7. The lowest BCUT2D eigenvalue weighted by atomic mass is 10.0. The van der Waals surface area contributed by atoms with Crippen molar-refractivity contribution in [3.8, 4) is 11.5 Å². The van der Waals surface area contributed by atoms with Crippen molar-refractivity contribution >= 4 is 18.4 Å². The van der Waals surface area contributed by atoms with Crippen molar-refractivity contribution < 1.29 is 9.84 Å². The average molecular weight is 396 g/mol. The molecule has 8 nitrogen and oxygen atoms in total. The number of phenols is 1. The van der Waals surface area contributed by atoms with Gasteiger partial charge < -0.3 is 9.84 Å². The molecule has 0 bridgehead atoms. The molecule has 0 aliphatic carbocycles. The molecule has 3 aromatic rings. The van der Waals surface area contributed by atoms with E-state index >= 15 is 0 Å². The van der Waals surface area contributed by atoms with Gasteiger partial charge in [0, 0.05) is 6.04 Å². The molecule has 2 heterocycles. The number of nitrogens with zero attached hydrogens (tertiary/aromatic N) is 3. The van der Waals surface area contributed by atoms with Crippen LogP contribution in [0.2, 0.25) is 0 Å². The van der Waals surface area contributed by atoms with Gasteiger partial charge in [0.1, 0.15) is 0 Å². The highest BCUT2D eigenvalue weighted by Crippen LogP contribution is 2.30. The molecule has 0 amide bonds. The highest BCUT2D eigenvalue weighted by molar-refractivity contribution is 7.71. The van der Waals surface area contributed by atoms with Crippen LogP contribution in [0.5, 0.6) is 11.5 Å². The van der Waals surface area contributed by atoms with Crippen LogP contribution < -0.4 is 15.6 Å². The Hall–Kier alpha value is -3.01. The molecule has 1 aliphatic rings. The van der Waals surface area contributed by atoms with Crippen LogP contribution in [0.15, 0.2) is 53.6 Å². The first-order valence-corrected chi connectivity index (χ1v) is 9.21. The van der Waals surface area contributed by atoms with Gasteiger partial charge in [-0.3, -0.25) is 5.10 Å². The molecule has 2 unspecified atom stereocenters. The van der Waals surface area contributed by atoms with Crippen molar-refractivity contribution in [2.75, 3.05) is 7.11 Å². The number of hydrogen-bond acceptors (Lipinski definition) is 7. The Morgan fingerprint density at radius 1 is 1.21 bits per heavy atom. The topological polar surface area (TPSA) is 99.5 Å². The Labute approximate surface area is 166 Å². The summed E-state index contributed by atoms with van der Waals surface area (Å²) in [5, 5.41) is 21.3. The maximum absolute atomic E-state index is 9.72. The van der Waals surface area contributed by atoms with Gasteiger partial charge in [0.15, 0.2) is 17.3 Å². The second-order valence-electron chi connectivity index (χ2n) is 6.41. The second-order valence-corrected chi connectivity index (χ2v) is 6.80. The van der Waals surface area contributed by atoms with Gasteiger partial charge in [0.25, 0.3) is 0 Å². The van der Waals surface area contributed by atoms with Gasteiger partial charge in [-0.25, -0.2) is 10.9 Å². The fourth-order valence-corrected chi connectivity index (χ4v) is 3.36. The first kappa shape index (κ1) is 18.4. The van der Waals surface area contributed by atoms with Gasteiger partial charge >= 0.3 is 0 Å². The Kier molecular flexibility index (Phi) is 5.20. The standard InChI is InChI=1S/C19H20N6O2S/c1-27-17-9-12(7-8-16(17)26)11-20-25-18(23-24-19(25)28)15-10-14(21-22-15)13-5-3-2-4-6-13/h2-9,11,14-15,21-22,26H,10H2,1H3,(H,24,28)/b20-11+. The van der Waals surface area contributed by atoms with Gasteiger partial charge in [0.2, 0.25) is 4.77 Å². The number of hydrogen-bond donors (Lipinski definition) is 4. The van der Waals surface area contributed by atoms with E-state index in [1.54, 1.807) is 29.1 Å². The van der Waals surface area contributed by atoms with E-state index in [1.165, 1.54) is 12.7 Å². The third-order valence-electron chi connectivity index (χ3n) is 4.62. The van der Waals surface area contributed by atoms with Gasteiger partial charge in [-0.2, -0.15) is 14.9 Å². The molecule has 0 saturated carbocycles. The van der Waals surface area contributed by atoms with Crippen LogP contribution in [0.25, 0.3) is 0 Å². The number of aromatic nitrogens is 3. The highest BCUT2D eigenvalue weighted by Gasteiger charge is 2.29. The van der Waals surface area contributed by atoms with Gasteiger partial charge in [-0.05, 0) is 48.0 Å². The van der Waals surface area contributed by atoms with Crippen LogP contribution in [0.1, 0.15) is 35.5 Å². The summed E-state index contributed by atoms with van der Waals surface area (Å²) in [7, 11) is 1.50. The van der Waals surface area contributed by atoms with Crippen molar-refractivity contribution in [2.24, 2.45) is 5.10 Å². The summed E-state index contributed by atoms with van der Waals surface area (Å²) in [5.74, 6) is 1.15. The number of hydrazine groups is 1. The van der Waals surface area contributed by atoms with Crippen LogP contribution in [0.4, 0.5) is 0 Å². The van der Waals surface area contributed by atoms with Crippen molar-refractivity contribution in [3.05, 3.63) is 70.3 Å². The summed E-state index contributed by atoms with van der Waals surface area (Å²) >= 11 is 5.33. The van der Waals surface area contributed by atoms with Crippen LogP contribution in [-0.4, -0.2) is 33.3 Å². The zero-order valence-electron chi connectivity index (χ0n) is 15.2. The highest BCUT2D eigenvalue weighted by atomic mass is 32.1. The van der Waals surface area contributed by atoms with E-state index in [2.05, 4.69) is 38.3 Å². The second kappa shape index (κ2) is 7.93. The van der Waals surface area contributed by atoms with Crippen LogP contribution >= 0.6 is 12.2 Å². The minimum atomic E-state index is -0.0512. The predicted octanol–water partition coefficient (Wildman–Crippen LogP) is 2.82. The average Bonchev–Trinajstić information content (AvgIpc) is 3.35. The monoisotopic (exact) mass is 396 g/mol. The van der Waals surface area contributed by atoms with E-state index in [0.717, 1.165) is 12.0 Å². The molecule has 1 saturated heterocycles. The molecule has 0 radical (unpaired) electrons. The molecular weight excluding hydrogens is 376 g/mol. The lowest BCUT2D eigenvalue weighted by Gasteiger charge is -2.09. The van der Waals surface area contributed by atoms with E-state index in [0.29, 0.717) is 16.3 Å². The zero-order valence-corrected chi connectivity index (χ0v) is 16.0. The van der Waals surface area contributed by atoms with E-state index in [9.17, 15) is 5.11 Å². The van der Waals surface area contributed by atoms with E-state index in [4.69, 9.17) is 17.0 Å². The quantitative estimate of drug-likeness (QED) is 0.391. The third kappa shape index (κ3) is 3.68. The van der Waals surface area contributed by atoms with Gasteiger partial charge in [0.05, 0.1) is 19.4 Å². The fourth-order valence-electron chi connectivity index (χ4n) is 3.17. The molecule has 1 aliphatic heterocycles. The Balaban J connectivity index is 1.56. The summed E-state index contributed by atoms with van der Waals surface area (Å²) in [5.41, 5.74) is 8.55. The molecule has 28 heavy (non-hydrogen) atoms. The largest absolute Gasteiger partial charge is 0.504 e. The maximum Gasteiger partial charge on any atom is 0.216 e. The minimum Gasteiger partial charge on any atom is -0.504 e. The number of aromatic hydroxyl groups is 1. The zero-order chi connectivity index (χ0) is 19.5. The SMILES string of the molecule is COc1cc(/C=N/n2c(C3CC(c4ccccc4)NN3)n[nH]c2=S)ccc1O. The minimum absolute atomic E-state index is 0.0512. The van der Waals surface area contributed by atoms with Crippen LogP contribution in [0.3, 0.4) is 0 Å². The molecule has 9 heteroatoms. The number of nitrogens with one attached hydrogen (secondary N) is 3. The summed E-state index contributed by atoms with van der Waals surface area (Å²) in [6, 6.07) is 15.4. The van der Waals surface area contributed by atoms with Crippen molar-refractivity contribution in [1.82, 2.24) is 25.7 Å². The Morgan fingerprint density at radius 2 is 2.00 bits per heavy atom. The third-order valence-corrected chi connectivity index (χ3v) is 4.88. The predicted molar refractivity (Wildman–Crippen MR) is 108 cm³/mol. The molecule has 2 aromatic carbocycles. The van der Waals surface area contributed by atoms with Gasteiger partial charge in [-0.1, -0.05) is 30.3 Å². The first-order valence-electron chi connectivity index (χ1n) is 8.80. The van der Waals surface area contributed by atoms with E-state index in [1.807, 2.05) is 18.2 Å². The van der Waals surface area contributed by atoms with E-state index < -0.39 is 0 Å². The Bertz CT molecular complexity index is 1050. The molecule has 1 fully saturated rings. The summed E-state index contributed by atoms with van der Waals surface area (Å²) in [6.07, 6.45) is 2.46. The summed E-state index contributed by atoms with van der Waals surface area (Å²) < 4.78 is 7.13. The smallest absolute Gasteiger partial charge is 0.216 e. The number of H-pyrrole nitrogens is 1. The molecular formula is C19H20N6O2S. The van der Waals surface area contributed by atoms with Crippen molar-refractivity contribution in [1.29, 1.82) is 0 Å². The van der Waals surface area contributed by atoms with Crippen molar-refractivity contribution in [3.63, 3.8) is 0 Å². The number of aromatic amines is 1. The number of ether oxygens (including phenoxy) is 1. The lowest BCUT2D eigenvalue weighted by Crippen LogP contribution is -2.27. The van der Waals surface area contributed by atoms with Crippen LogP contribution in [-0.2, 0) is 0 Å². The summed E-state index contributed by atoms with van der Waals surface area (Å²) in [6.45, 7) is 0. The number of benzene rings is 2. The molecule has 144 valence electrons. The lowest BCUT2D eigenvalue weighted by molar-refractivity contribution is 0.373. The van der Waals surface area contributed by atoms with Crippen molar-refractivity contribution in [2.45, 2.75) is 18.5 Å². The number of methoxy groups -OCH3 is 1. The normalized spacial score (nSPS) is 19.3. The van der Waals surface area contributed by atoms with Crippen LogP contribution in [0, 0.1) is 4.77 Å². The molecule has 4 N–H and O–H groups in total. The van der Waals surface area contributed by atoms with Gasteiger partial charge in [-0.15, -0.1) is 0 Å². The molecule has 2 atom stereocenters.